The second-order valence-corrected chi connectivity index (χ2v) is 11.3. The monoisotopic (exact) mass is 503 g/mol. The number of amides is 2. The molecule has 0 aromatic heterocycles. The molecule has 0 radical (unpaired) electrons. The summed E-state index contributed by atoms with van der Waals surface area (Å²) in [5, 5.41) is 3.01. The Morgan fingerprint density at radius 2 is 1.63 bits per heavy atom. The standard InChI is InChI=1S/C26H34FN3O4S/c1-18-13-19(2)15-24(14-18)30(35(4,33)34)17-25(31)29(16-21-9-11-22(27)12-10-21)20(3)26(32)28-23-7-5-6-8-23/h9-15,20,23H,5-8,16-17H2,1-4H3,(H,28,32)/t20-/m0/s1. The van der Waals surface area contributed by atoms with Gasteiger partial charge in [-0.15, -0.1) is 0 Å². The highest BCUT2D eigenvalue weighted by Crippen LogP contribution is 2.23. The van der Waals surface area contributed by atoms with Crippen molar-refractivity contribution in [2.75, 3.05) is 17.1 Å². The maximum Gasteiger partial charge on any atom is 0.244 e. The molecule has 35 heavy (non-hydrogen) atoms. The molecule has 1 N–H and O–H groups in total. The van der Waals surface area contributed by atoms with Gasteiger partial charge in [0.2, 0.25) is 21.8 Å². The fraction of sp³-hybridized carbons (Fsp3) is 0.462. The van der Waals surface area contributed by atoms with Gasteiger partial charge in [0.15, 0.2) is 0 Å². The van der Waals surface area contributed by atoms with Crippen molar-refractivity contribution in [1.82, 2.24) is 10.2 Å². The van der Waals surface area contributed by atoms with Gasteiger partial charge in [-0.25, -0.2) is 12.8 Å². The molecule has 7 nitrogen and oxygen atoms in total. The van der Waals surface area contributed by atoms with Crippen molar-refractivity contribution in [3.63, 3.8) is 0 Å². The van der Waals surface area contributed by atoms with Crippen LogP contribution in [-0.2, 0) is 26.2 Å². The zero-order valence-corrected chi connectivity index (χ0v) is 21.6. The third-order valence-corrected chi connectivity index (χ3v) is 7.45. The van der Waals surface area contributed by atoms with E-state index in [-0.39, 0.29) is 18.5 Å². The van der Waals surface area contributed by atoms with Crippen LogP contribution >= 0.6 is 0 Å². The molecular weight excluding hydrogens is 469 g/mol. The highest BCUT2D eigenvalue weighted by atomic mass is 32.2. The highest BCUT2D eigenvalue weighted by molar-refractivity contribution is 7.92. The summed E-state index contributed by atoms with van der Waals surface area (Å²) in [7, 11) is -3.79. The number of halogens is 1. The number of anilines is 1. The van der Waals surface area contributed by atoms with Crippen LogP contribution in [0.4, 0.5) is 10.1 Å². The minimum absolute atomic E-state index is 0.0445. The lowest BCUT2D eigenvalue weighted by Gasteiger charge is -2.32. The molecule has 2 amide bonds. The number of nitrogens with zero attached hydrogens (tertiary/aromatic N) is 2. The first-order chi connectivity index (χ1) is 16.4. The van der Waals surface area contributed by atoms with Crippen molar-refractivity contribution < 1.29 is 22.4 Å². The van der Waals surface area contributed by atoms with E-state index in [2.05, 4.69) is 5.32 Å². The van der Waals surface area contributed by atoms with Gasteiger partial charge in [0.1, 0.15) is 18.4 Å². The van der Waals surface area contributed by atoms with E-state index in [9.17, 15) is 22.4 Å². The van der Waals surface area contributed by atoms with E-state index in [1.165, 1.54) is 17.0 Å². The summed E-state index contributed by atoms with van der Waals surface area (Å²) >= 11 is 0. The van der Waals surface area contributed by atoms with Crippen molar-refractivity contribution in [3.8, 4) is 0 Å². The largest absolute Gasteiger partial charge is 0.352 e. The van der Waals surface area contributed by atoms with Gasteiger partial charge >= 0.3 is 0 Å². The molecule has 0 unspecified atom stereocenters. The molecule has 0 aliphatic heterocycles. The summed E-state index contributed by atoms with van der Waals surface area (Å²) in [6.07, 6.45) is 4.96. The summed E-state index contributed by atoms with van der Waals surface area (Å²) in [6.45, 7) is 4.93. The molecule has 0 heterocycles. The van der Waals surface area contributed by atoms with Gasteiger partial charge in [-0.2, -0.15) is 0 Å². The molecule has 2 aromatic rings. The number of carbonyl (C=O) groups is 2. The predicted octanol–water partition coefficient (Wildman–Crippen LogP) is 3.68. The lowest BCUT2D eigenvalue weighted by atomic mass is 10.1. The molecule has 0 bridgehead atoms. The zero-order chi connectivity index (χ0) is 25.8. The SMILES string of the molecule is Cc1cc(C)cc(N(CC(=O)N(Cc2ccc(F)cc2)[C@@H](C)C(=O)NC2CCCC2)S(C)(=O)=O)c1. The van der Waals surface area contributed by atoms with E-state index < -0.39 is 34.3 Å². The Morgan fingerprint density at radius 1 is 1.06 bits per heavy atom. The van der Waals surface area contributed by atoms with Crippen LogP contribution in [0.15, 0.2) is 42.5 Å². The number of nitrogens with one attached hydrogen (secondary N) is 1. The van der Waals surface area contributed by atoms with Gasteiger partial charge in [-0.1, -0.05) is 31.0 Å². The van der Waals surface area contributed by atoms with Gasteiger partial charge in [0, 0.05) is 12.6 Å². The minimum atomic E-state index is -3.79. The average Bonchev–Trinajstić information content (AvgIpc) is 3.28. The lowest BCUT2D eigenvalue weighted by molar-refractivity contribution is -0.139. The van der Waals surface area contributed by atoms with Crippen LogP contribution in [0.25, 0.3) is 0 Å². The van der Waals surface area contributed by atoms with E-state index in [4.69, 9.17) is 0 Å². The summed E-state index contributed by atoms with van der Waals surface area (Å²) in [4.78, 5) is 28.0. The van der Waals surface area contributed by atoms with Crippen molar-refractivity contribution in [2.45, 2.75) is 65.1 Å². The summed E-state index contributed by atoms with van der Waals surface area (Å²) in [5.74, 6) is -1.21. The smallest absolute Gasteiger partial charge is 0.244 e. The molecule has 1 saturated carbocycles. The maximum atomic E-state index is 13.6. The summed E-state index contributed by atoms with van der Waals surface area (Å²) < 4.78 is 39.9. The molecule has 1 aliphatic rings. The highest BCUT2D eigenvalue weighted by Gasteiger charge is 2.31. The molecule has 3 rings (SSSR count). The van der Waals surface area contributed by atoms with E-state index in [1.54, 1.807) is 31.2 Å². The fourth-order valence-corrected chi connectivity index (χ4v) is 5.30. The number of benzene rings is 2. The quantitative estimate of drug-likeness (QED) is 0.566. The molecule has 9 heteroatoms. The van der Waals surface area contributed by atoms with Gasteiger partial charge < -0.3 is 10.2 Å². The van der Waals surface area contributed by atoms with Crippen molar-refractivity contribution >= 4 is 27.5 Å². The van der Waals surface area contributed by atoms with Gasteiger partial charge in [0.25, 0.3) is 0 Å². The third-order valence-electron chi connectivity index (χ3n) is 6.31. The number of sulfonamides is 1. The van der Waals surface area contributed by atoms with Crippen LogP contribution < -0.4 is 9.62 Å². The van der Waals surface area contributed by atoms with Gasteiger partial charge in [-0.05, 0) is 74.6 Å². The van der Waals surface area contributed by atoms with Crippen molar-refractivity contribution in [3.05, 3.63) is 65.0 Å². The first-order valence-corrected chi connectivity index (χ1v) is 13.7. The molecule has 2 aromatic carbocycles. The van der Waals surface area contributed by atoms with Crippen LogP contribution in [0, 0.1) is 19.7 Å². The minimum Gasteiger partial charge on any atom is -0.352 e. The number of rotatable bonds is 9. The van der Waals surface area contributed by atoms with E-state index in [1.807, 2.05) is 19.9 Å². The Kier molecular flexibility index (Phi) is 8.53. The number of hydrogen-bond donors (Lipinski definition) is 1. The van der Waals surface area contributed by atoms with Crippen LogP contribution in [-0.4, -0.2) is 50.0 Å². The normalized spacial score (nSPS) is 15.0. The Hall–Kier alpha value is -2.94. The van der Waals surface area contributed by atoms with E-state index in [0.29, 0.717) is 11.3 Å². The second-order valence-electron chi connectivity index (χ2n) is 9.43. The summed E-state index contributed by atoms with van der Waals surface area (Å²) in [6, 6.07) is 10.3. The number of hydrogen-bond acceptors (Lipinski definition) is 4. The molecular formula is C26H34FN3O4S. The number of aryl methyl sites for hydroxylation is 2. The Labute approximate surface area is 207 Å². The van der Waals surface area contributed by atoms with Crippen LogP contribution in [0.1, 0.15) is 49.3 Å². The molecule has 190 valence electrons. The van der Waals surface area contributed by atoms with Gasteiger partial charge in [0.05, 0.1) is 11.9 Å². The second kappa shape index (κ2) is 11.2. The van der Waals surface area contributed by atoms with Crippen LogP contribution in [0.2, 0.25) is 0 Å². The van der Waals surface area contributed by atoms with E-state index >= 15 is 0 Å². The third kappa shape index (κ3) is 7.27. The molecule has 1 fully saturated rings. The topological polar surface area (TPSA) is 86.8 Å². The first-order valence-electron chi connectivity index (χ1n) is 11.8. The van der Waals surface area contributed by atoms with Gasteiger partial charge in [-0.3, -0.25) is 13.9 Å². The van der Waals surface area contributed by atoms with Crippen molar-refractivity contribution in [1.29, 1.82) is 0 Å². The molecule has 0 saturated heterocycles. The molecule has 1 aliphatic carbocycles. The first kappa shape index (κ1) is 26.7. The summed E-state index contributed by atoms with van der Waals surface area (Å²) in [5.41, 5.74) is 2.77. The fourth-order valence-electron chi connectivity index (χ4n) is 4.47. The number of carbonyl (C=O) groups excluding carboxylic acids is 2. The molecule has 0 spiro atoms. The van der Waals surface area contributed by atoms with Crippen LogP contribution in [0.3, 0.4) is 0 Å². The Morgan fingerprint density at radius 3 is 2.17 bits per heavy atom. The van der Waals surface area contributed by atoms with E-state index in [0.717, 1.165) is 47.4 Å². The Balaban J connectivity index is 1.89. The Bertz CT molecular complexity index is 1140. The lowest BCUT2D eigenvalue weighted by Crippen LogP contribution is -2.52. The van der Waals surface area contributed by atoms with Crippen molar-refractivity contribution in [2.24, 2.45) is 0 Å². The average molecular weight is 504 g/mol. The maximum absolute atomic E-state index is 13.6. The molecule has 1 atom stereocenters. The zero-order valence-electron chi connectivity index (χ0n) is 20.8. The van der Waals surface area contributed by atoms with Crippen LogP contribution in [0.5, 0.6) is 0 Å². The predicted molar refractivity (Wildman–Crippen MR) is 135 cm³/mol.